The molecule has 3 fully saturated rings. The van der Waals surface area contributed by atoms with Gasteiger partial charge >= 0.3 is 0 Å². The molecule has 3 aromatic heterocycles. The van der Waals surface area contributed by atoms with E-state index in [0.717, 1.165) is 51.4 Å². The van der Waals surface area contributed by atoms with Gasteiger partial charge in [0.15, 0.2) is 11.0 Å². The van der Waals surface area contributed by atoms with Gasteiger partial charge in [-0.2, -0.15) is 0 Å². The van der Waals surface area contributed by atoms with Gasteiger partial charge < -0.3 is 9.73 Å². The van der Waals surface area contributed by atoms with Crippen molar-refractivity contribution >= 4 is 40.7 Å². The maximum absolute atomic E-state index is 16.1. The van der Waals surface area contributed by atoms with Crippen molar-refractivity contribution in [2.24, 2.45) is 22.7 Å². The number of pyridine rings is 2. The van der Waals surface area contributed by atoms with Crippen LogP contribution in [0.15, 0.2) is 35.2 Å². The highest BCUT2D eigenvalue weighted by atomic mass is 35.5. The first kappa shape index (κ1) is 29.8. The number of ketones is 1. The Hall–Kier alpha value is -2.91. The Balaban J connectivity index is 1.31. The predicted octanol–water partition coefficient (Wildman–Crippen LogP) is 7.82. The third-order valence-electron chi connectivity index (χ3n) is 11.4. The lowest BCUT2D eigenvalue weighted by atomic mass is 9.51. The van der Waals surface area contributed by atoms with Gasteiger partial charge in [0.05, 0.1) is 5.41 Å². The number of nitrogens with zero attached hydrogens (tertiary/aromatic N) is 4. The Morgan fingerprint density at radius 1 is 1.09 bits per heavy atom. The van der Waals surface area contributed by atoms with Crippen LogP contribution in [-0.2, 0) is 15.0 Å². The molecule has 3 atom stereocenters. The maximum Gasteiger partial charge on any atom is 0.237 e. The summed E-state index contributed by atoms with van der Waals surface area (Å²) in [6, 6.07) is 5.14. The summed E-state index contributed by atoms with van der Waals surface area (Å²) in [7, 11) is 0. The monoisotopic (exact) mass is 639 g/mol. The second kappa shape index (κ2) is 10.9. The molecule has 3 saturated carbocycles. The zero-order valence-electron chi connectivity index (χ0n) is 24.9. The smallest absolute Gasteiger partial charge is 0.237 e. The first-order valence-corrected chi connectivity index (χ1v) is 16.4. The number of amides is 1. The van der Waals surface area contributed by atoms with Gasteiger partial charge in [0, 0.05) is 35.9 Å². The minimum absolute atomic E-state index is 0.0767. The fourth-order valence-electron chi connectivity index (χ4n) is 9.18. The van der Waals surface area contributed by atoms with Crippen molar-refractivity contribution in [3.63, 3.8) is 0 Å². The lowest BCUT2D eigenvalue weighted by molar-refractivity contribution is -0.127. The molecule has 0 saturated heterocycles. The number of anilines is 1. The van der Waals surface area contributed by atoms with E-state index in [4.69, 9.17) is 27.6 Å². The van der Waals surface area contributed by atoms with Gasteiger partial charge in [-0.05, 0) is 92.2 Å². The largest absolute Gasteiger partial charge is 0.428 e. The minimum atomic E-state index is -1.21. The molecule has 3 aromatic rings. The van der Waals surface area contributed by atoms with Crippen molar-refractivity contribution in [2.45, 2.75) is 95.3 Å². The Morgan fingerprint density at radius 3 is 2.55 bits per heavy atom. The van der Waals surface area contributed by atoms with Crippen LogP contribution in [0.25, 0.3) is 0 Å². The molecule has 1 amide bonds. The van der Waals surface area contributed by atoms with Gasteiger partial charge in [-0.25, -0.2) is 14.4 Å². The van der Waals surface area contributed by atoms with Crippen LogP contribution in [0, 0.1) is 28.5 Å². The van der Waals surface area contributed by atoms with Crippen LogP contribution >= 0.6 is 23.2 Å². The molecule has 232 valence electrons. The molecule has 0 unspecified atom stereocenters. The number of carbonyl (C=O) groups excluding carboxylic acids is 2. The van der Waals surface area contributed by atoms with E-state index in [-0.39, 0.29) is 44.8 Å². The predicted molar refractivity (Wildman–Crippen MR) is 163 cm³/mol. The van der Waals surface area contributed by atoms with Gasteiger partial charge in [0.1, 0.15) is 16.8 Å². The molecule has 8 nitrogen and oxygen atoms in total. The molecule has 4 heterocycles. The van der Waals surface area contributed by atoms with Crippen molar-refractivity contribution in [3.8, 4) is 0 Å². The fourth-order valence-corrected chi connectivity index (χ4v) is 9.49. The first-order valence-electron chi connectivity index (χ1n) is 15.6. The highest BCUT2D eigenvalue weighted by Gasteiger charge is 2.72. The first-order chi connectivity index (χ1) is 21.0. The number of halogens is 3. The van der Waals surface area contributed by atoms with Crippen LogP contribution in [-0.4, -0.2) is 31.9 Å². The molecule has 4 aliphatic rings. The second-order valence-corrected chi connectivity index (χ2v) is 14.9. The third kappa shape index (κ3) is 4.60. The van der Waals surface area contributed by atoms with E-state index in [9.17, 15) is 9.59 Å². The molecule has 0 bridgehead atoms. The molecular formula is C33H36Cl2FN5O3. The van der Waals surface area contributed by atoms with E-state index in [1.807, 2.05) is 6.07 Å². The Morgan fingerprint density at radius 2 is 1.84 bits per heavy atom. The zero-order chi connectivity index (χ0) is 30.9. The van der Waals surface area contributed by atoms with Gasteiger partial charge in [-0.3, -0.25) is 9.59 Å². The fraction of sp³-hybridized carbons (Fsp3) is 0.576. The van der Waals surface area contributed by atoms with Crippen molar-refractivity contribution < 1.29 is 18.4 Å². The highest BCUT2D eigenvalue weighted by Crippen LogP contribution is 2.72. The Kier molecular flexibility index (Phi) is 7.35. The van der Waals surface area contributed by atoms with E-state index in [1.54, 1.807) is 12.1 Å². The van der Waals surface area contributed by atoms with E-state index >= 15 is 4.39 Å². The average Bonchev–Trinajstić information content (AvgIpc) is 3.70. The second-order valence-electron chi connectivity index (χ2n) is 14.2. The van der Waals surface area contributed by atoms with E-state index in [1.165, 1.54) is 12.6 Å². The summed E-state index contributed by atoms with van der Waals surface area (Å²) < 4.78 is 21.6. The number of hydrogen-bond acceptors (Lipinski definition) is 7. The summed E-state index contributed by atoms with van der Waals surface area (Å²) in [5.41, 5.74) is -0.723. The molecule has 1 aliphatic heterocycles. The molecule has 44 heavy (non-hydrogen) atoms. The molecule has 0 radical (unpaired) electrons. The summed E-state index contributed by atoms with van der Waals surface area (Å²) in [4.78, 5) is 37.6. The molecule has 1 N–H and O–H groups in total. The average molecular weight is 641 g/mol. The number of rotatable bonds is 5. The van der Waals surface area contributed by atoms with Gasteiger partial charge in [-0.1, -0.05) is 43.1 Å². The lowest BCUT2D eigenvalue weighted by Crippen LogP contribution is -2.52. The zero-order valence-corrected chi connectivity index (χ0v) is 26.4. The van der Waals surface area contributed by atoms with Crippen LogP contribution in [0.1, 0.15) is 107 Å². The summed E-state index contributed by atoms with van der Waals surface area (Å²) in [5, 5.41) is 10.9. The maximum atomic E-state index is 16.1. The van der Waals surface area contributed by atoms with Gasteiger partial charge in [0.25, 0.3) is 0 Å². The number of hydrogen-bond donors (Lipinski definition) is 1. The van der Waals surface area contributed by atoms with Crippen molar-refractivity contribution in [3.05, 3.63) is 63.9 Å². The Labute approximate surface area is 265 Å². The standard InChI is InChI=1S/C33H36Cl2FN5O3/c1-31(2)10-12-32(13-11-31)16-21(23(42)15-18-3-5-19(6-4-18)29-41-38-17-44-29)25(20-9-14-37-27(35)26(20)36)33(32)22-7-8-24(34)39-28(22)40-30(33)43/h7-9,14,17-19,21,25H,3-6,10-13,15-16H2,1-2H3,(H,39,40,43)/t18?,19?,21-,25-,33+/m0/s1. The summed E-state index contributed by atoms with van der Waals surface area (Å²) in [6.45, 7) is 4.50. The van der Waals surface area contributed by atoms with Crippen LogP contribution < -0.4 is 5.32 Å². The third-order valence-corrected chi connectivity index (χ3v) is 11.9. The Bertz CT molecular complexity index is 1600. The molecule has 3 aliphatic carbocycles. The molecule has 0 aromatic carbocycles. The molecule has 2 spiro atoms. The van der Waals surface area contributed by atoms with E-state index in [0.29, 0.717) is 30.1 Å². The lowest BCUT2D eigenvalue weighted by Gasteiger charge is -2.50. The number of fused-ring (bicyclic) bond motifs is 3. The number of carbonyl (C=O) groups is 2. The van der Waals surface area contributed by atoms with Gasteiger partial charge in [-0.15, -0.1) is 10.2 Å². The molecule has 7 rings (SSSR count). The molecular weight excluding hydrogens is 604 g/mol. The van der Waals surface area contributed by atoms with E-state index < -0.39 is 28.5 Å². The van der Waals surface area contributed by atoms with Crippen LogP contribution in [0.3, 0.4) is 0 Å². The summed E-state index contributed by atoms with van der Waals surface area (Å²) in [5.74, 6) is -0.747. The van der Waals surface area contributed by atoms with Crippen LogP contribution in [0.5, 0.6) is 0 Å². The van der Waals surface area contributed by atoms with Crippen LogP contribution in [0.2, 0.25) is 10.3 Å². The van der Waals surface area contributed by atoms with Crippen LogP contribution in [0.4, 0.5) is 10.2 Å². The highest BCUT2D eigenvalue weighted by molar-refractivity contribution is 6.30. The quantitative estimate of drug-likeness (QED) is 0.283. The van der Waals surface area contributed by atoms with Crippen molar-refractivity contribution in [1.29, 1.82) is 0 Å². The normalized spacial score (nSPS) is 30.4. The number of nitrogens with one attached hydrogen (secondary N) is 1. The number of aromatic nitrogens is 4. The van der Waals surface area contributed by atoms with Crippen molar-refractivity contribution in [1.82, 2.24) is 20.2 Å². The van der Waals surface area contributed by atoms with Crippen molar-refractivity contribution in [2.75, 3.05) is 5.32 Å². The SMILES string of the molecule is CC1(C)CCC2(CC1)C[C@@H](C(=O)CC1CCC(c3nnco3)CC1)[C@H](c1ccnc(Cl)c1F)[C@]21C(=O)Nc2nc(Cl)ccc21. The minimum Gasteiger partial charge on any atom is -0.428 e. The van der Waals surface area contributed by atoms with Gasteiger partial charge in [0.2, 0.25) is 18.2 Å². The number of Topliss-reactive ketones (excluding diaryl/α,β-unsaturated/α-hetero) is 1. The molecule has 11 heteroatoms. The van der Waals surface area contributed by atoms with E-state index in [2.05, 4.69) is 39.3 Å². The topological polar surface area (TPSA) is 111 Å². The summed E-state index contributed by atoms with van der Waals surface area (Å²) in [6.07, 6.45) is 10.4. The summed E-state index contributed by atoms with van der Waals surface area (Å²) >= 11 is 12.6.